The largest absolute Gasteiger partial charge is 0.459 e. The zero-order valence-electron chi connectivity index (χ0n) is 12.1. The van der Waals surface area contributed by atoms with Gasteiger partial charge in [0.25, 0.3) is 5.91 Å². The van der Waals surface area contributed by atoms with Crippen LogP contribution in [0.1, 0.15) is 21.0 Å². The molecule has 2 N–H and O–H groups in total. The van der Waals surface area contributed by atoms with Crippen molar-refractivity contribution >= 4 is 28.6 Å². The molecule has 1 amide bonds. The fraction of sp³-hybridized carbons (Fsp3) is 0.118. The van der Waals surface area contributed by atoms with Gasteiger partial charge in [0.2, 0.25) is 0 Å². The third-order valence-corrected chi connectivity index (χ3v) is 4.14. The number of rotatable bonds is 5. The monoisotopic (exact) mass is 312 g/mol. The van der Waals surface area contributed by atoms with Gasteiger partial charge in [0.05, 0.1) is 6.26 Å². The number of amides is 1. The molecule has 1 aromatic carbocycles. The standard InChI is InChI=1S/C17H16N2O2S/c1-12-10-13(18-11-14-4-3-9-22-14)6-7-15(12)19-17(20)16-5-2-8-21-16/h2-10,18H,11H2,1H3,(H,19,20). The van der Waals surface area contributed by atoms with E-state index in [-0.39, 0.29) is 5.91 Å². The van der Waals surface area contributed by atoms with Crippen molar-refractivity contribution in [2.45, 2.75) is 13.5 Å². The molecule has 5 heteroatoms. The van der Waals surface area contributed by atoms with Crippen LogP contribution in [0.15, 0.2) is 58.5 Å². The maximum Gasteiger partial charge on any atom is 0.291 e. The van der Waals surface area contributed by atoms with Crippen LogP contribution in [0.25, 0.3) is 0 Å². The molecule has 0 aliphatic heterocycles. The van der Waals surface area contributed by atoms with Crippen LogP contribution in [0, 0.1) is 6.92 Å². The zero-order chi connectivity index (χ0) is 15.4. The number of furan rings is 1. The fourth-order valence-corrected chi connectivity index (χ4v) is 2.75. The van der Waals surface area contributed by atoms with Gasteiger partial charge in [-0.15, -0.1) is 11.3 Å². The molecule has 0 saturated heterocycles. The highest BCUT2D eigenvalue weighted by atomic mass is 32.1. The highest BCUT2D eigenvalue weighted by Gasteiger charge is 2.10. The van der Waals surface area contributed by atoms with E-state index in [0.29, 0.717) is 5.76 Å². The lowest BCUT2D eigenvalue weighted by atomic mass is 10.1. The summed E-state index contributed by atoms with van der Waals surface area (Å²) < 4.78 is 5.09. The third kappa shape index (κ3) is 3.38. The average molecular weight is 312 g/mol. The molecule has 112 valence electrons. The number of thiophene rings is 1. The van der Waals surface area contributed by atoms with Crippen molar-refractivity contribution in [3.8, 4) is 0 Å². The first kappa shape index (κ1) is 14.4. The van der Waals surface area contributed by atoms with Crippen molar-refractivity contribution in [2.24, 2.45) is 0 Å². The van der Waals surface area contributed by atoms with Crippen LogP contribution in [-0.4, -0.2) is 5.91 Å². The Morgan fingerprint density at radius 3 is 2.82 bits per heavy atom. The topological polar surface area (TPSA) is 54.3 Å². The molecule has 0 spiro atoms. The average Bonchev–Trinajstić information content (AvgIpc) is 3.21. The van der Waals surface area contributed by atoms with Crippen molar-refractivity contribution < 1.29 is 9.21 Å². The van der Waals surface area contributed by atoms with Gasteiger partial charge in [-0.1, -0.05) is 6.07 Å². The second kappa shape index (κ2) is 6.49. The van der Waals surface area contributed by atoms with Gasteiger partial charge in [0.15, 0.2) is 5.76 Å². The molecule has 0 atom stereocenters. The zero-order valence-corrected chi connectivity index (χ0v) is 12.9. The summed E-state index contributed by atoms with van der Waals surface area (Å²) in [5.41, 5.74) is 2.81. The summed E-state index contributed by atoms with van der Waals surface area (Å²) in [5, 5.41) is 8.29. The van der Waals surface area contributed by atoms with Gasteiger partial charge >= 0.3 is 0 Å². The van der Waals surface area contributed by atoms with E-state index < -0.39 is 0 Å². The highest BCUT2D eigenvalue weighted by Crippen LogP contribution is 2.21. The van der Waals surface area contributed by atoms with Crippen LogP contribution in [-0.2, 0) is 6.54 Å². The maximum absolute atomic E-state index is 12.0. The van der Waals surface area contributed by atoms with Crippen LogP contribution in [0.3, 0.4) is 0 Å². The highest BCUT2D eigenvalue weighted by molar-refractivity contribution is 7.09. The summed E-state index contributed by atoms with van der Waals surface area (Å²) in [5.74, 6) is 0.0618. The molecular weight excluding hydrogens is 296 g/mol. The molecule has 4 nitrogen and oxygen atoms in total. The summed E-state index contributed by atoms with van der Waals surface area (Å²) in [6, 6.07) is 13.3. The van der Waals surface area contributed by atoms with Crippen LogP contribution in [0.4, 0.5) is 11.4 Å². The molecule has 0 aliphatic rings. The Bertz CT molecular complexity index is 749. The second-order valence-electron chi connectivity index (χ2n) is 4.89. The Labute approximate surface area is 132 Å². The lowest BCUT2D eigenvalue weighted by Gasteiger charge is -2.10. The summed E-state index contributed by atoms with van der Waals surface area (Å²) in [6.07, 6.45) is 1.49. The molecular formula is C17H16N2O2S. The Morgan fingerprint density at radius 1 is 1.23 bits per heavy atom. The van der Waals surface area contributed by atoms with E-state index in [9.17, 15) is 4.79 Å². The van der Waals surface area contributed by atoms with Gasteiger partial charge in [-0.25, -0.2) is 0 Å². The van der Waals surface area contributed by atoms with Crippen LogP contribution < -0.4 is 10.6 Å². The SMILES string of the molecule is Cc1cc(NCc2cccs2)ccc1NC(=O)c1ccco1. The Morgan fingerprint density at radius 2 is 2.14 bits per heavy atom. The number of carbonyl (C=O) groups is 1. The first-order valence-corrected chi connectivity index (χ1v) is 7.82. The first-order valence-electron chi connectivity index (χ1n) is 6.94. The fourth-order valence-electron chi connectivity index (χ4n) is 2.11. The summed E-state index contributed by atoms with van der Waals surface area (Å²) in [7, 11) is 0. The van der Waals surface area contributed by atoms with Gasteiger partial charge in [-0.05, 0) is 54.3 Å². The molecule has 3 rings (SSSR count). The number of benzene rings is 1. The number of hydrogen-bond acceptors (Lipinski definition) is 4. The van der Waals surface area contributed by atoms with Crippen molar-refractivity contribution in [1.82, 2.24) is 0 Å². The van der Waals surface area contributed by atoms with E-state index in [2.05, 4.69) is 22.1 Å². The molecule has 0 fully saturated rings. The number of carbonyl (C=O) groups excluding carboxylic acids is 1. The van der Waals surface area contributed by atoms with Gasteiger partial charge in [0, 0.05) is 22.8 Å². The molecule has 0 unspecified atom stereocenters. The van der Waals surface area contributed by atoms with E-state index in [1.54, 1.807) is 23.5 Å². The number of hydrogen-bond donors (Lipinski definition) is 2. The second-order valence-corrected chi connectivity index (χ2v) is 5.93. The predicted molar refractivity (Wildman–Crippen MR) is 89.5 cm³/mol. The molecule has 2 aromatic heterocycles. The number of anilines is 2. The van der Waals surface area contributed by atoms with Crippen LogP contribution in [0.5, 0.6) is 0 Å². The van der Waals surface area contributed by atoms with Gasteiger partial charge in [-0.2, -0.15) is 0 Å². The minimum atomic E-state index is -0.243. The van der Waals surface area contributed by atoms with E-state index >= 15 is 0 Å². The lowest BCUT2D eigenvalue weighted by molar-refractivity contribution is 0.0996. The van der Waals surface area contributed by atoms with E-state index in [4.69, 9.17) is 4.42 Å². The Hall–Kier alpha value is -2.53. The minimum Gasteiger partial charge on any atom is -0.459 e. The lowest BCUT2D eigenvalue weighted by Crippen LogP contribution is -2.12. The third-order valence-electron chi connectivity index (χ3n) is 3.27. The Kier molecular flexibility index (Phi) is 4.25. The van der Waals surface area contributed by atoms with Crippen molar-refractivity contribution in [1.29, 1.82) is 0 Å². The van der Waals surface area contributed by atoms with Gasteiger partial charge in [-0.3, -0.25) is 4.79 Å². The smallest absolute Gasteiger partial charge is 0.291 e. The van der Waals surface area contributed by atoms with Crippen LogP contribution >= 0.6 is 11.3 Å². The molecule has 0 saturated carbocycles. The normalized spacial score (nSPS) is 10.4. The van der Waals surface area contributed by atoms with Crippen LogP contribution in [0.2, 0.25) is 0 Å². The summed E-state index contributed by atoms with van der Waals surface area (Å²) >= 11 is 1.73. The Balaban J connectivity index is 1.65. The molecule has 22 heavy (non-hydrogen) atoms. The van der Waals surface area contributed by atoms with Crippen molar-refractivity contribution in [3.05, 3.63) is 70.3 Å². The molecule has 3 aromatic rings. The van der Waals surface area contributed by atoms with E-state index in [1.165, 1.54) is 11.1 Å². The number of aryl methyl sites for hydroxylation is 1. The molecule has 0 radical (unpaired) electrons. The van der Waals surface area contributed by atoms with Crippen molar-refractivity contribution in [2.75, 3.05) is 10.6 Å². The molecule has 2 heterocycles. The minimum absolute atomic E-state index is 0.243. The molecule has 0 bridgehead atoms. The first-order chi connectivity index (χ1) is 10.7. The number of nitrogens with one attached hydrogen (secondary N) is 2. The van der Waals surface area contributed by atoms with Crippen molar-refractivity contribution in [3.63, 3.8) is 0 Å². The quantitative estimate of drug-likeness (QED) is 0.728. The van der Waals surface area contributed by atoms with E-state index in [1.807, 2.05) is 31.2 Å². The van der Waals surface area contributed by atoms with Gasteiger partial charge < -0.3 is 15.1 Å². The summed E-state index contributed by atoms with van der Waals surface area (Å²) in [6.45, 7) is 2.77. The van der Waals surface area contributed by atoms with E-state index in [0.717, 1.165) is 23.5 Å². The summed E-state index contributed by atoms with van der Waals surface area (Å²) in [4.78, 5) is 13.3. The maximum atomic E-state index is 12.0. The predicted octanol–water partition coefficient (Wildman–Crippen LogP) is 4.51. The molecule has 0 aliphatic carbocycles. The van der Waals surface area contributed by atoms with Gasteiger partial charge in [0.1, 0.15) is 0 Å².